The molecule has 0 saturated heterocycles. The lowest BCUT2D eigenvalue weighted by molar-refractivity contribution is 0.0699. The lowest BCUT2D eigenvalue weighted by Gasteiger charge is -2.07. The van der Waals surface area contributed by atoms with Crippen molar-refractivity contribution < 1.29 is 9.90 Å². The SMILES string of the molecule is Cc1ccc(-c2cc(C(=O)O)c3nc(C)[nH]c3c2)c(Cl)c1. The third-order valence-corrected chi connectivity index (χ3v) is 3.68. The van der Waals surface area contributed by atoms with Gasteiger partial charge in [-0.15, -0.1) is 0 Å². The number of carbonyl (C=O) groups is 1. The van der Waals surface area contributed by atoms with E-state index in [0.717, 1.165) is 16.7 Å². The molecule has 0 unspecified atom stereocenters. The zero-order valence-electron chi connectivity index (χ0n) is 11.6. The van der Waals surface area contributed by atoms with Gasteiger partial charge in [-0.1, -0.05) is 23.7 Å². The van der Waals surface area contributed by atoms with Crippen molar-refractivity contribution in [2.24, 2.45) is 0 Å². The van der Waals surface area contributed by atoms with Crippen LogP contribution in [0.15, 0.2) is 30.3 Å². The molecule has 5 heteroatoms. The maximum absolute atomic E-state index is 11.5. The lowest BCUT2D eigenvalue weighted by Crippen LogP contribution is -1.98. The van der Waals surface area contributed by atoms with Gasteiger partial charge in [-0.25, -0.2) is 9.78 Å². The van der Waals surface area contributed by atoms with Crippen molar-refractivity contribution in [3.05, 3.63) is 52.3 Å². The van der Waals surface area contributed by atoms with Crippen LogP contribution in [0, 0.1) is 13.8 Å². The van der Waals surface area contributed by atoms with E-state index in [4.69, 9.17) is 11.6 Å². The Hall–Kier alpha value is -2.33. The molecule has 0 aliphatic carbocycles. The second-order valence-corrected chi connectivity index (χ2v) is 5.44. The Labute approximate surface area is 126 Å². The fraction of sp³-hybridized carbons (Fsp3) is 0.125. The van der Waals surface area contributed by atoms with Crippen molar-refractivity contribution in [1.82, 2.24) is 9.97 Å². The quantitative estimate of drug-likeness (QED) is 0.745. The summed E-state index contributed by atoms with van der Waals surface area (Å²) < 4.78 is 0. The topological polar surface area (TPSA) is 66.0 Å². The zero-order chi connectivity index (χ0) is 15.1. The molecule has 0 fully saturated rings. The smallest absolute Gasteiger partial charge is 0.337 e. The van der Waals surface area contributed by atoms with Gasteiger partial charge in [0.05, 0.1) is 11.1 Å². The second-order valence-electron chi connectivity index (χ2n) is 5.03. The molecule has 0 aliphatic heterocycles. The summed E-state index contributed by atoms with van der Waals surface area (Å²) in [5.41, 5.74) is 3.95. The minimum Gasteiger partial charge on any atom is -0.478 e. The predicted octanol–water partition coefficient (Wildman–Crippen LogP) is 4.20. The first-order valence-corrected chi connectivity index (χ1v) is 6.83. The van der Waals surface area contributed by atoms with Crippen LogP contribution >= 0.6 is 11.6 Å². The average Bonchev–Trinajstić information content (AvgIpc) is 2.77. The standard InChI is InChI=1S/C16H13ClN2O2/c1-8-3-4-11(13(17)5-8)10-6-12(16(20)21)15-14(7-10)18-9(2)19-15/h3-7H,1-2H3,(H,18,19)(H,20,21). The molecule has 0 amide bonds. The molecule has 0 radical (unpaired) electrons. The molecule has 21 heavy (non-hydrogen) atoms. The number of rotatable bonds is 2. The molecule has 2 N–H and O–H groups in total. The third-order valence-electron chi connectivity index (χ3n) is 3.37. The summed E-state index contributed by atoms with van der Waals surface area (Å²) in [5.74, 6) is -0.323. The van der Waals surface area contributed by atoms with Crippen molar-refractivity contribution in [3.8, 4) is 11.1 Å². The number of aromatic amines is 1. The van der Waals surface area contributed by atoms with E-state index >= 15 is 0 Å². The molecule has 1 heterocycles. The number of nitrogens with zero attached hydrogens (tertiary/aromatic N) is 1. The normalized spacial score (nSPS) is 11.0. The van der Waals surface area contributed by atoms with Crippen molar-refractivity contribution in [1.29, 1.82) is 0 Å². The van der Waals surface area contributed by atoms with Gasteiger partial charge in [-0.05, 0) is 43.2 Å². The van der Waals surface area contributed by atoms with Crippen molar-refractivity contribution in [3.63, 3.8) is 0 Å². The van der Waals surface area contributed by atoms with E-state index < -0.39 is 5.97 Å². The monoisotopic (exact) mass is 300 g/mol. The summed E-state index contributed by atoms with van der Waals surface area (Å²) >= 11 is 6.28. The molecular formula is C16H13ClN2O2. The van der Waals surface area contributed by atoms with Crippen LogP contribution in [0.2, 0.25) is 5.02 Å². The predicted molar refractivity (Wildman–Crippen MR) is 83.0 cm³/mol. The van der Waals surface area contributed by atoms with Crippen LogP contribution in [0.25, 0.3) is 22.2 Å². The van der Waals surface area contributed by atoms with E-state index in [9.17, 15) is 9.90 Å². The van der Waals surface area contributed by atoms with E-state index in [1.54, 1.807) is 13.0 Å². The number of aromatic carboxylic acids is 1. The minimum absolute atomic E-state index is 0.170. The Kier molecular flexibility index (Phi) is 3.18. The van der Waals surface area contributed by atoms with Crippen LogP contribution in [-0.2, 0) is 0 Å². The van der Waals surface area contributed by atoms with Crippen molar-refractivity contribution in [2.75, 3.05) is 0 Å². The lowest BCUT2D eigenvalue weighted by atomic mass is 10.0. The molecular weight excluding hydrogens is 288 g/mol. The molecule has 2 aromatic carbocycles. The first-order chi connectivity index (χ1) is 9.95. The van der Waals surface area contributed by atoms with Crippen LogP contribution in [-0.4, -0.2) is 21.0 Å². The summed E-state index contributed by atoms with van der Waals surface area (Å²) in [4.78, 5) is 18.8. The number of imidazole rings is 1. The highest BCUT2D eigenvalue weighted by atomic mass is 35.5. The van der Waals surface area contributed by atoms with Gasteiger partial charge in [0.25, 0.3) is 0 Å². The number of hydrogen-bond acceptors (Lipinski definition) is 2. The molecule has 4 nitrogen and oxygen atoms in total. The number of carboxylic acids is 1. The summed E-state index contributed by atoms with van der Waals surface area (Å²) in [7, 11) is 0. The van der Waals surface area contributed by atoms with E-state index in [0.29, 0.717) is 21.9 Å². The summed E-state index contributed by atoms with van der Waals surface area (Å²) in [6.45, 7) is 3.75. The highest BCUT2D eigenvalue weighted by Gasteiger charge is 2.15. The van der Waals surface area contributed by atoms with Gasteiger partial charge in [0.2, 0.25) is 0 Å². The average molecular weight is 301 g/mol. The van der Waals surface area contributed by atoms with Gasteiger partial charge >= 0.3 is 5.97 Å². The van der Waals surface area contributed by atoms with Crippen molar-refractivity contribution in [2.45, 2.75) is 13.8 Å². The first-order valence-electron chi connectivity index (χ1n) is 6.46. The van der Waals surface area contributed by atoms with E-state index in [2.05, 4.69) is 9.97 Å². The fourth-order valence-corrected chi connectivity index (χ4v) is 2.76. The minimum atomic E-state index is -1.00. The number of benzene rings is 2. The van der Waals surface area contributed by atoms with Gasteiger partial charge in [-0.2, -0.15) is 0 Å². The van der Waals surface area contributed by atoms with Crippen LogP contribution in [0.4, 0.5) is 0 Å². The van der Waals surface area contributed by atoms with Gasteiger partial charge in [-0.3, -0.25) is 0 Å². The van der Waals surface area contributed by atoms with E-state index in [1.807, 2.05) is 31.2 Å². The molecule has 0 bridgehead atoms. The van der Waals surface area contributed by atoms with Gasteiger partial charge in [0, 0.05) is 10.6 Å². The third kappa shape index (κ3) is 2.38. The first kappa shape index (κ1) is 13.6. The molecule has 106 valence electrons. The fourth-order valence-electron chi connectivity index (χ4n) is 2.41. The number of aryl methyl sites for hydroxylation is 2. The highest BCUT2D eigenvalue weighted by Crippen LogP contribution is 2.32. The van der Waals surface area contributed by atoms with Crippen LogP contribution < -0.4 is 0 Å². The largest absolute Gasteiger partial charge is 0.478 e. The maximum Gasteiger partial charge on any atom is 0.337 e. The summed E-state index contributed by atoms with van der Waals surface area (Å²) in [6.07, 6.45) is 0. The number of aromatic nitrogens is 2. The molecule has 0 saturated carbocycles. The number of carboxylic acid groups (broad SMARTS) is 1. The molecule has 3 rings (SSSR count). The summed E-state index contributed by atoms with van der Waals surface area (Å²) in [5, 5.41) is 9.99. The number of nitrogens with one attached hydrogen (secondary N) is 1. The Bertz CT molecular complexity index is 868. The van der Waals surface area contributed by atoms with Crippen molar-refractivity contribution >= 4 is 28.6 Å². The second kappa shape index (κ2) is 4.90. The Balaban J connectivity index is 2.30. The zero-order valence-corrected chi connectivity index (χ0v) is 12.3. The molecule has 0 spiro atoms. The molecule has 0 atom stereocenters. The molecule has 0 aliphatic rings. The maximum atomic E-state index is 11.5. The Morgan fingerprint density at radius 2 is 2.00 bits per heavy atom. The highest BCUT2D eigenvalue weighted by molar-refractivity contribution is 6.33. The number of H-pyrrole nitrogens is 1. The number of fused-ring (bicyclic) bond motifs is 1. The Morgan fingerprint density at radius 3 is 2.67 bits per heavy atom. The number of halogens is 1. The van der Waals surface area contributed by atoms with Gasteiger partial charge in [0.1, 0.15) is 11.3 Å². The number of hydrogen-bond donors (Lipinski definition) is 2. The molecule has 1 aromatic heterocycles. The van der Waals surface area contributed by atoms with Gasteiger partial charge < -0.3 is 10.1 Å². The Morgan fingerprint density at radius 1 is 1.24 bits per heavy atom. The van der Waals surface area contributed by atoms with Gasteiger partial charge in [0.15, 0.2) is 0 Å². The van der Waals surface area contributed by atoms with E-state index in [-0.39, 0.29) is 5.56 Å². The van der Waals surface area contributed by atoms with E-state index in [1.165, 1.54) is 0 Å². The molecule has 3 aromatic rings. The summed E-state index contributed by atoms with van der Waals surface area (Å²) in [6, 6.07) is 9.19. The van der Waals surface area contributed by atoms with Crippen LogP contribution in [0.3, 0.4) is 0 Å². The van der Waals surface area contributed by atoms with Crippen LogP contribution in [0.5, 0.6) is 0 Å². The van der Waals surface area contributed by atoms with Crippen LogP contribution in [0.1, 0.15) is 21.7 Å².